The Kier molecular flexibility index (Phi) is 15.1. The number of anilines is 1. The fourth-order valence-electron chi connectivity index (χ4n) is 7.73. The highest BCUT2D eigenvalue weighted by atomic mass is 32.2. The van der Waals surface area contributed by atoms with Crippen molar-refractivity contribution in [3.63, 3.8) is 0 Å². The summed E-state index contributed by atoms with van der Waals surface area (Å²) in [5.74, 6) is -1.77. The van der Waals surface area contributed by atoms with E-state index in [1.165, 1.54) is 36.4 Å². The van der Waals surface area contributed by atoms with E-state index in [-0.39, 0.29) is 34.7 Å². The first-order valence-electron chi connectivity index (χ1n) is 20.4. The maximum absolute atomic E-state index is 12.3. The van der Waals surface area contributed by atoms with Crippen LogP contribution in [-0.4, -0.2) is 72.5 Å². The molecule has 3 aromatic rings. The number of fused-ring (bicyclic) bond motifs is 1. The Hall–Kier alpha value is -5.82. The van der Waals surface area contributed by atoms with Crippen LogP contribution >= 0.6 is 0 Å². The second-order valence-electron chi connectivity index (χ2n) is 16.5. The van der Waals surface area contributed by atoms with Gasteiger partial charge in [0.1, 0.15) is 0 Å². The fourth-order valence-corrected chi connectivity index (χ4v) is 8.75. The van der Waals surface area contributed by atoms with Gasteiger partial charge in [-0.3, -0.25) is 33.8 Å². The Morgan fingerprint density at radius 3 is 2.16 bits per heavy atom. The zero-order chi connectivity index (χ0) is 46.3. The summed E-state index contributed by atoms with van der Waals surface area (Å²) in [7, 11) is -8.98. The first kappa shape index (κ1) is 48.2. The summed E-state index contributed by atoms with van der Waals surface area (Å²) < 4.78 is 68.2. The first-order chi connectivity index (χ1) is 29.5. The topological polar surface area (TPSA) is 231 Å². The number of nitro groups is 1. The fraction of sp³-hybridized carbons (Fsp3) is 0.378. The number of hydroxylamine groups is 2. The lowest BCUT2D eigenvalue weighted by molar-refractivity contribution is -0.384. The summed E-state index contributed by atoms with van der Waals surface area (Å²) in [4.78, 5) is 58.1. The average molecular weight is 905 g/mol. The van der Waals surface area contributed by atoms with Crippen molar-refractivity contribution < 1.29 is 50.1 Å². The third-order valence-electron chi connectivity index (χ3n) is 11.2. The highest BCUT2D eigenvalue weighted by Crippen LogP contribution is 2.48. The highest BCUT2D eigenvalue weighted by Gasteiger charge is 2.40. The molecule has 0 bridgehead atoms. The molecule has 0 unspecified atom stereocenters. The van der Waals surface area contributed by atoms with Crippen molar-refractivity contribution >= 4 is 55.1 Å². The van der Waals surface area contributed by atoms with E-state index in [1.807, 2.05) is 52.8 Å². The number of aliphatic imine (C=N–C) groups is 1. The molecule has 3 aromatic carbocycles. The molecule has 18 heteroatoms. The summed E-state index contributed by atoms with van der Waals surface area (Å²) in [6, 6.07) is 15.2. The van der Waals surface area contributed by atoms with E-state index < -0.39 is 53.8 Å². The van der Waals surface area contributed by atoms with Gasteiger partial charge in [0.25, 0.3) is 37.7 Å². The summed E-state index contributed by atoms with van der Waals surface area (Å²) in [5, 5.41) is 11.6. The van der Waals surface area contributed by atoms with E-state index in [2.05, 4.69) is 4.90 Å². The number of unbranched alkanes of at least 4 members (excludes halogenated alkanes) is 2. The summed E-state index contributed by atoms with van der Waals surface area (Å²) >= 11 is 0. The molecule has 2 N–H and O–H groups in total. The Morgan fingerprint density at radius 1 is 0.889 bits per heavy atom. The van der Waals surface area contributed by atoms with Gasteiger partial charge in [0.15, 0.2) is 0 Å². The van der Waals surface area contributed by atoms with Crippen LogP contribution in [0.2, 0.25) is 0 Å². The van der Waals surface area contributed by atoms with Gasteiger partial charge in [0.05, 0.1) is 14.7 Å². The molecule has 5 rings (SSSR count). The van der Waals surface area contributed by atoms with E-state index in [0.717, 1.165) is 22.5 Å². The van der Waals surface area contributed by atoms with Gasteiger partial charge in [-0.1, -0.05) is 70.5 Å². The molecule has 0 spiro atoms. The lowest BCUT2D eigenvalue weighted by Gasteiger charge is -2.28. The quantitative estimate of drug-likeness (QED) is 0.0224. The predicted molar refractivity (Wildman–Crippen MR) is 236 cm³/mol. The number of aryl methyl sites for hydroxylation is 2. The molecule has 1 saturated heterocycles. The molecule has 2 aliphatic heterocycles. The normalized spacial score (nSPS) is 16.5. The number of rotatable bonds is 19. The number of nitro benzene ring substituents is 1. The molecule has 0 aromatic heterocycles. The van der Waals surface area contributed by atoms with Gasteiger partial charge in [0.2, 0.25) is 0 Å². The van der Waals surface area contributed by atoms with Crippen LogP contribution in [0.25, 0.3) is 0 Å². The van der Waals surface area contributed by atoms with Crippen molar-refractivity contribution in [2.24, 2.45) is 4.99 Å². The lowest BCUT2D eigenvalue weighted by atomic mass is 9.77. The maximum atomic E-state index is 12.3. The van der Waals surface area contributed by atoms with Crippen LogP contribution in [0.1, 0.15) is 94.9 Å². The van der Waals surface area contributed by atoms with E-state index in [0.29, 0.717) is 67.1 Å². The molecule has 336 valence electrons. The third-order valence-corrected chi connectivity index (χ3v) is 12.9. The van der Waals surface area contributed by atoms with Gasteiger partial charge in [0, 0.05) is 72.4 Å². The van der Waals surface area contributed by atoms with E-state index in [4.69, 9.17) is 9.83 Å². The Bertz CT molecular complexity index is 2600. The molecule has 0 radical (unpaired) electrons. The average Bonchev–Trinajstić information content (AvgIpc) is 3.63. The summed E-state index contributed by atoms with van der Waals surface area (Å²) in [6.45, 7) is 10.4. The Morgan fingerprint density at radius 2 is 1.52 bits per heavy atom. The van der Waals surface area contributed by atoms with Gasteiger partial charge in [-0.2, -0.15) is 16.8 Å². The van der Waals surface area contributed by atoms with Crippen LogP contribution in [0.3, 0.4) is 0 Å². The number of carbonyl (C=O) groups excluding carboxylic acids is 3. The zero-order valence-corrected chi connectivity index (χ0v) is 37.4. The number of hydrogen-bond donors (Lipinski definition) is 2. The number of imide groups is 1. The highest BCUT2D eigenvalue weighted by molar-refractivity contribution is 7.86. The molecule has 1 fully saturated rings. The minimum Gasteiger partial charge on any atom is -0.344 e. The number of amides is 2. The van der Waals surface area contributed by atoms with Crippen LogP contribution in [0.5, 0.6) is 0 Å². The summed E-state index contributed by atoms with van der Waals surface area (Å²) in [6.07, 6.45) is 12.0. The van der Waals surface area contributed by atoms with Crippen molar-refractivity contribution in [2.45, 2.75) is 107 Å². The van der Waals surface area contributed by atoms with Crippen LogP contribution in [0.4, 0.5) is 11.4 Å². The first-order valence-corrected chi connectivity index (χ1v) is 23.3. The van der Waals surface area contributed by atoms with Gasteiger partial charge < -0.3 is 9.74 Å². The minimum absolute atomic E-state index is 0.00203. The summed E-state index contributed by atoms with van der Waals surface area (Å²) in [5.41, 5.74) is 3.68. The van der Waals surface area contributed by atoms with Crippen molar-refractivity contribution in [3.8, 4) is 0 Å². The molecular formula is C45H52N4O12S2. The number of allylic oxidation sites excluding steroid dienone is 6. The molecule has 63 heavy (non-hydrogen) atoms. The second kappa shape index (κ2) is 19.7. The maximum Gasteiger partial charge on any atom is 0.333 e. The van der Waals surface area contributed by atoms with Crippen LogP contribution < -0.4 is 4.90 Å². The standard InChI is InChI=1S/C45H52N4O12S2/c1-31-17-22-34(62(55,56)57)29-36(31)44(2,3)39(46-27-12-13-32-18-20-33(21-19-32)49(53)54)14-8-6-9-15-40-45(4,5)37-30-35(63(58,59)60)23-24-38(37)47(40)28-11-7-10-16-43(52)61-48-41(50)25-26-42(48)51/h6,8-9,14-15,17-24,29-30H,7,10-13,16,25-28H2,1-5H3,(H,55,56,57)(H,58,59,60)/b9-6+,14-8+,40-15+,46-39?. The lowest BCUT2D eigenvalue weighted by Crippen LogP contribution is -2.32. The Balaban J connectivity index is 1.38. The van der Waals surface area contributed by atoms with Crippen LogP contribution in [0.15, 0.2) is 112 Å². The molecule has 2 heterocycles. The minimum atomic E-state index is -4.49. The third kappa shape index (κ3) is 11.8. The van der Waals surface area contributed by atoms with Crippen molar-refractivity contribution in [1.29, 1.82) is 0 Å². The van der Waals surface area contributed by atoms with Crippen LogP contribution in [-0.2, 0) is 56.7 Å². The number of carbonyl (C=O) groups is 3. The monoisotopic (exact) mass is 904 g/mol. The number of nitrogens with zero attached hydrogens (tertiary/aromatic N) is 4. The SMILES string of the molecule is Cc1ccc(S(=O)(=O)O)cc1C(C)(C)C(/C=C/C=C/C=C1/N(CCCCCC(=O)ON2C(=O)CCC2=O)c2ccc(S(=O)(=O)O)cc2C1(C)C)=NCCCc1ccc([N+](=O)[O-])cc1. The molecule has 16 nitrogen and oxygen atoms in total. The van der Waals surface area contributed by atoms with E-state index >= 15 is 0 Å². The van der Waals surface area contributed by atoms with Crippen LogP contribution in [0, 0.1) is 17.0 Å². The van der Waals surface area contributed by atoms with Crippen molar-refractivity contribution in [1.82, 2.24) is 5.06 Å². The second-order valence-corrected chi connectivity index (χ2v) is 19.3. The predicted octanol–water partition coefficient (Wildman–Crippen LogP) is 7.71. The van der Waals surface area contributed by atoms with Crippen molar-refractivity contribution in [3.05, 3.63) is 129 Å². The molecular weight excluding hydrogens is 853 g/mol. The molecule has 0 aliphatic carbocycles. The number of hydrogen-bond acceptors (Lipinski definition) is 12. The molecule has 2 aliphatic rings. The zero-order valence-electron chi connectivity index (χ0n) is 35.8. The van der Waals surface area contributed by atoms with E-state index in [9.17, 15) is 50.4 Å². The van der Waals surface area contributed by atoms with Crippen molar-refractivity contribution in [2.75, 3.05) is 18.0 Å². The molecule has 2 amide bonds. The smallest absolute Gasteiger partial charge is 0.333 e. The number of benzene rings is 3. The Labute approximate surface area is 367 Å². The number of non-ortho nitro benzene ring substituents is 1. The van der Waals surface area contributed by atoms with Gasteiger partial charge in [-0.15, -0.1) is 5.06 Å². The van der Waals surface area contributed by atoms with Gasteiger partial charge in [-0.05, 0) is 97.3 Å². The molecule has 0 atom stereocenters. The van der Waals surface area contributed by atoms with Gasteiger partial charge >= 0.3 is 5.97 Å². The van der Waals surface area contributed by atoms with Gasteiger partial charge in [-0.25, -0.2) is 4.79 Å². The molecule has 0 saturated carbocycles. The largest absolute Gasteiger partial charge is 0.344 e. The van der Waals surface area contributed by atoms with E-state index in [1.54, 1.807) is 36.4 Å².